The number of hydrazine groups is 1. The molecule has 2 rings (SSSR count). The first-order valence-corrected chi connectivity index (χ1v) is 7.30. The third kappa shape index (κ3) is 3.66. The highest BCUT2D eigenvalue weighted by atomic mass is 35.5. The van der Waals surface area contributed by atoms with Gasteiger partial charge in [0.2, 0.25) is 0 Å². The molecule has 0 aliphatic rings. The molecule has 0 amide bonds. The molecule has 3 N–H and O–H groups in total. The van der Waals surface area contributed by atoms with Crippen molar-refractivity contribution in [1.29, 1.82) is 0 Å². The van der Waals surface area contributed by atoms with Gasteiger partial charge in [-0.2, -0.15) is 0 Å². The lowest BCUT2D eigenvalue weighted by molar-refractivity contribution is 0.552. The Kier molecular flexibility index (Phi) is 5.30. The average molecular weight is 330 g/mol. The summed E-state index contributed by atoms with van der Waals surface area (Å²) in [5, 5.41) is 1.92. The number of hydrogen-bond donors (Lipinski definition) is 2. The Morgan fingerprint density at radius 2 is 1.80 bits per heavy atom. The average Bonchev–Trinajstić information content (AvgIpc) is 2.39. The Morgan fingerprint density at radius 3 is 2.40 bits per heavy atom. The van der Waals surface area contributed by atoms with E-state index in [1.807, 2.05) is 31.2 Å². The van der Waals surface area contributed by atoms with Crippen LogP contribution in [-0.2, 0) is 6.42 Å². The fourth-order valence-electron chi connectivity index (χ4n) is 2.08. The van der Waals surface area contributed by atoms with Crippen LogP contribution in [0.5, 0.6) is 0 Å². The van der Waals surface area contributed by atoms with Crippen molar-refractivity contribution in [2.45, 2.75) is 19.4 Å². The summed E-state index contributed by atoms with van der Waals surface area (Å²) in [6.07, 6.45) is 0.650. The first-order valence-electron chi connectivity index (χ1n) is 6.17. The summed E-state index contributed by atoms with van der Waals surface area (Å²) in [4.78, 5) is 0. The monoisotopic (exact) mass is 328 g/mol. The Morgan fingerprint density at radius 1 is 1.05 bits per heavy atom. The minimum absolute atomic E-state index is 0.125. The SMILES string of the molecule is Cc1ccc(CC(NN)c2ccc(Cl)cc2Cl)c(Cl)c1. The first kappa shape index (κ1) is 15.6. The van der Waals surface area contributed by atoms with Crippen LogP contribution in [-0.4, -0.2) is 0 Å². The maximum atomic E-state index is 6.26. The van der Waals surface area contributed by atoms with Crippen LogP contribution < -0.4 is 11.3 Å². The molecule has 1 atom stereocenters. The van der Waals surface area contributed by atoms with Gasteiger partial charge in [-0.3, -0.25) is 11.3 Å². The van der Waals surface area contributed by atoms with Crippen molar-refractivity contribution >= 4 is 34.8 Å². The van der Waals surface area contributed by atoms with Gasteiger partial charge in [0.25, 0.3) is 0 Å². The van der Waals surface area contributed by atoms with Gasteiger partial charge in [-0.15, -0.1) is 0 Å². The van der Waals surface area contributed by atoms with Crippen molar-refractivity contribution in [2.24, 2.45) is 5.84 Å². The number of aryl methyl sites for hydroxylation is 1. The summed E-state index contributed by atoms with van der Waals surface area (Å²) in [7, 11) is 0. The third-order valence-electron chi connectivity index (χ3n) is 3.17. The predicted molar refractivity (Wildman–Crippen MR) is 86.4 cm³/mol. The van der Waals surface area contributed by atoms with E-state index in [0.29, 0.717) is 16.5 Å². The lowest BCUT2D eigenvalue weighted by Crippen LogP contribution is -2.29. The van der Waals surface area contributed by atoms with Crippen LogP contribution in [0.1, 0.15) is 22.7 Å². The molecule has 106 valence electrons. The second-order valence-electron chi connectivity index (χ2n) is 4.68. The molecule has 5 heteroatoms. The maximum Gasteiger partial charge on any atom is 0.0515 e. The Bertz CT molecular complexity index is 614. The quantitative estimate of drug-likeness (QED) is 0.630. The molecule has 2 aromatic rings. The Balaban J connectivity index is 2.28. The summed E-state index contributed by atoms with van der Waals surface area (Å²) in [5.74, 6) is 5.65. The van der Waals surface area contributed by atoms with Crippen LogP contribution in [0.3, 0.4) is 0 Å². The number of halogens is 3. The molecule has 0 aromatic heterocycles. The molecule has 0 spiro atoms. The molecule has 2 nitrogen and oxygen atoms in total. The summed E-state index contributed by atoms with van der Waals surface area (Å²) in [6.45, 7) is 2.00. The molecule has 0 saturated carbocycles. The molecule has 0 aliphatic heterocycles. The highest BCUT2D eigenvalue weighted by Gasteiger charge is 2.15. The van der Waals surface area contributed by atoms with Gasteiger partial charge in [0, 0.05) is 15.1 Å². The second kappa shape index (κ2) is 6.79. The van der Waals surface area contributed by atoms with Gasteiger partial charge in [-0.1, -0.05) is 53.0 Å². The topological polar surface area (TPSA) is 38.0 Å². The van der Waals surface area contributed by atoms with Gasteiger partial charge in [0.15, 0.2) is 0 Å². The van der Waals surface area contributed by atoms with Gasteiger partial charge < -0.3 is 0 Å². The Hall–Kier alpha value is -0.770. The molecule has 0 saturated heterocycles. The van der Waals surface area contributed by atoms with Crippen molar-refractivity contribution in [3.63, 3.8) is 0 Å². The molecule has 0 bridgehead atoms. The van der Waals surface area contributed by atoms with E-state index in [1.54, 1.807) is 12.1 Å². The van der Waals surface area contributed by atoms with Crippen molar-refractivity contribution in [3.05, 3.63) is 68.2 Å². The van der Waals surface area contributed by atoms with Crippen LogP contribution in [0.25, 0.3) is 0 Å². The lowest BCUT2D eigenvalue weighted by Gasteiger charge is -2.19. The van der Waals surface area contributed by atoms with E-state index in [0.717, 1.165) is 21.7 Å². The van der Waals surface area contributed by atoms with E-state index >= 15 is 0 Å². The van der Waals surface area contributed by atoms with Gasteiger partial charge in [0.1, 0.15) is 0 Å². The Labute approximate surface area is 133 Å². The minimum atomic E-state index is -0.125. The van der Waals surface area contributed by atoms with Crippen molar-refractivity contribution < 1.29 is 0 Å². The molecule has 0 fully saturated rings. The summed E-state index contributed by atoms with van der Waals surface area (Å²) in [6, 6.07) is 11.2. The lowest BCUT2D eigenvalue weighted by atomic mass is 9.98. The molecule has 2 aromatic carbocycles. The van der Waals surface area contributed by atoms with Crippen molar-refractivity contribution in [2.75, 3.05) is 0 Å². The number of hydrogen-bond acceptors (Lipinski definition) is 2. The molecular formula is C15H15Cl3N2. The van der Waals surface area contributed by atoms with Crippen LogP contribution in [0.15, 0.2) is 36.4 Å². The van der Waals surface area contributed by atoms with Gasteiger partial charge >= 0.3 is 0 Å². The van der Waals surface area contributed by atoms with E-state index in [9.17, 15) is 0 Å². The standard InChI is InChI=1S/C15H15Cl3N2/c1-9-2-3-10(13(17)6-9)7-15(20-19)12-5-4-11(16)8-14(12)18/h2-6,8,15,20H,7,19H2,1H3. The number of benzene rings is 2. The number of nitrogens with one attached hydrogen (secondary N) is 1. The zero-order valence-electron chi connectivity index (χ0n) is 11.0. The van der Waals surface area contributed by atoms with Crippen LogP contribution in [0, 0.1) is 6.92 Å². The summed E-state index contributed by atoms with van der Waals surface area (Å²) < 4.78 is 0. The summed E-state index contributed by atoms with van der Waals surface area (Å²) >= 11 is 18.4. The fraction of sp³-hybridized carbons (Fsp3) is 0.200. The van der Waals surface area contributed by atoms with Crippen LogP contribution in [0.2, 0.25) is 15.1 Å². The molecular weight excluding hydrogens is 315 g/mol. The van der Waals surface area contributed by atoms with E-state index in [4.69, 9.17) is 40.6 Å². The largest absolute Gasteiger partial charge is 0.271 e. The van der Waals surface area contributed by atoms with Gasteiger partial charge in [-0.25, -0.2) is 0 Å². The minimum Gasteiger partial charge on any atom is -0.271 e. The van der Waals surface area contributed by atoms with E-state index < -0.39 is 0 Å². The molecule has 0 heterocycles. The van der Waals surface area contributed by atoms with E-state index in [2.05, 4.69) is 5.43 Å². The summed E-state index contributed by atoms with van der Waals surface area (Å²) in [5.41, 5.74) is 5.83. The smallest absolute Gasteiger partial charge is 0.0515 e. The van der Waals surface area contributed by atoms with Gasteiger partial charge in [0.05, 0.1) is 6.04 Å². The maximum absolute atomic E-state index is 6.26. The number of rotatable bonds is 4. The zero-order valence-corrected chi connectivity index (χ0v) is 13.2. The normalized spacial score (nSPS) is 12.4. The molecule has 1 unspecified atom stereocenters. The fourth-order valence-corrected chi connectivity index (χ4v) is 2.93. The highest BCUT2D eigenvalue weighted by Crippen LogP contribution is 2.30. The first-order chi connectivity index (χ1) is 9.51. The van der Waals surface area contributed by atoms with E-state index in [-0.39, 0.29) is 6.04 Å². The zero-order chi connectivity index (χ0) is 14.7. The van der Waals surface area contributed by atoms with Crippen molar-refractivity contribution in [1.82, 2.24) is 5.43 Å². The third-order valence-corrected chi connectivity index (χ3v) is 4.09. The van der Waals surface area contributed by atoms with Crippen LogP contribution in [0.4, 0.5) is 0 Å². The highest BCUT2D eigenvalue weighted by molar-refractivity contribution is 6.35. The molecule has 0 aliphatic carbocycles. The van der Waals surface area contributed by atoms with E-state index in [1.165, 1.54) is 0 Å². The predicted octanol–water partition coefficient (Wildman–Crippen LogP) is 4.70. The number of nitrogens with two attached hydrogens (primary N) is 1. The molecule has 20 heavy (non-hydrogen) atoms. The molecule has 0 radical (unpaired) electrons. The second-order valence-corrected chi connectivity index (χ2v) is 5.93. The van der Waals surface area contributed by atoms with Crippen molar-refractivity contribution in [3.8, 4) is 0 Å². The van der Waals surface area contributed by atoms with Crippen LogP contribution >= 0.6 is 34.8 Å². The van der Waals surface area contributed by atoms with Gasteiger partial charge in [-0.05, 0) is 48.2 Å².